The third kappa shape index (κ3) is 3.06. The molecule has 3 nitrogen and oxygen atoms in total. The third-order valence-electron chi connectivity index (χ3n) is 5.03. The number of ether oxygens (including phenoxy) is 1. The Labute approximate surface area is 111 Å². The molecule has 0 amide bonds. The summed E-state index contributed by atoms with van der Waals surface area (Å²) in [6, 6.07) is 1.55. The fraction of sp³-hybridized carbons (Fsp3) is 1.00. The van der Waals surface area contributed by atoms with Crippen molar-refractivity contribution >= 4 is 0 Å². The van der Waals surface area contributed by atoms with Crippen molar-refractivity contribution in [3.63, 3.8) is 0 Å². The first kappa shape index (κ1) is 12.9. The van der Waals surface area contributed by atoms with Crippen molar-refractivity contribution in [2.24, 2.45) is 11.8 Å². The number of hydrogen-bond donors (Lipinski definition) is 1. The Kier molecular flexibility index (Phi) is 4.22. The van der Waals surface area contributed by atoms with E-state index in [0.717, 1.165) is 37.1 Å². The van der Waals surface area contributed by atoms with Gasteiger partial charge in [-0.1, -0.05) is 6.92 Å². The summed E-state index contributed by atoms with van der Waals surface area (Å²) in [5, 5.41) is 3.74. The first-order valence-electron chi connectivity index (χ1n) is 7.92. The van der Waals surface area contributed by atoms with Crippen LogP contribution in [0.25, 0.3) is 0 Å². The molecule has 0 spiro atoms. The van der Waals surface area contributed by atoms with Gasteiger partial charge in [0.15, 0.2) is 0 Å². The van der Waals surface area contributed by atoms with Crippen LogP contribution in [0.5, 0.6) is 0 Å². The summed E-state index contributed by atoms with van der Waals surface area (Å²) in [6.45, 7) is 8.11. The Bertz CT molecular complexity index is 261. The summed E-state index contributed by atoms with van der Waals surface area (Å²) in [5.74, 6) is 1.88. The molecule has 2 saturated heterocycles. The van der Waals surface area contributed by atoms with Gasteiger partial charge < -0.3 is 10.1 Å². The van der Waals surface area contributed by atoms with Crippen molar-refractivity contribution in [2.75, 3.05) is 32.8 Å². The maximum atomic E-state index is 5.49. The van der Waals surface area contributed by atoms with Gasteiger partial charge in [-0.25, -0.2) is 0 Å². The molecule has 3 rings (SSSR count). The second-order valence-corrected chi connectivity index (χ2v) is 6.43. The van der Waals surface area contributed by atoms with Crippen molar-refractivity contribution < 1.29 is 4.74 Å². The molecule has 1 saturated carbocycles. The minimum Gasteiger partial charge on any atom is -0.381 e. The van der Waals surface area contributed by atoms with Crippen LogP contribution >= 0.6 is 0 Å². The van der Waals surface area contributed by atoms with Crippen LogP contribution in [-0.2, 0) is 4.74 Å². The predicted octanol–water partition coefficient (Wildman–Crippen LogP) is 1.88. The van der Waals surface area contributed by atoms with Gasteiger partial charge in [-0.15, -0.1) is 0 Å². The number of nitrogens with one attached hydrogen (secondary N) is 1. The molecule has 0 radical (unpaired) electrons. The van der Waals surface area contributed by atoms with E-state index < -0.39 is 0 Å². The molecule has 2 atom stereocenters. The number of rotatable bonds is 4. The van der Waals surface area contributed by atoms with E-state index in [1.54, 1.807) is 0 Å². The fourth-order valence-electron chi connectivity index (χ4n) is 3.59. The molecule has 1 aliphatic carbocycles. The second kappa shape index (κ2) is 5.89. The van der Waals surface area contributed by atoms with Crippen molar-refractivity contribution in [1.82, 2.24) is 10.2 Å². The first-order valence-corrected chi connectivity index (χ1v) is 7.92. The zero-order chi connectivity index (χ0) is 12.4. The Morgan fingerprint density at radius 1 is 1.17 bits per heavy atom. The van der Waals surface area contributed by atoms with Crippen LogP contribution in [-0.4, -0.2) is 49.8 Å². The van der Waals surface area contributed by atoms with E-state index >= 15 is 0 Å². The molecule has 0 aromatic carbocycles. The Hall–Kier alpha value is -0.120. The first-order chi connectivity index (χ1) is 8.86. The topological polar surface area (TPSA) is 24.5 Å². The molecule has 18 heavy (non-hydrogen) atoms. The monoisotopic (exact) mass is 252 g/mol. The standard InChI is InChI=1S/C15H28N2O/c1-2-14-11-17(10-12-5-7-18-8-6-12)15(9-16-14)13-3-4-13/h12-16H,2-11H2,1H3. The van der Waals surface area contributed by atoms with Gasteiger partial charge in [-0.05, 0) is 43.9 Å². The van der Waals surface area contributed by atoms with Crippen LogP contribution in [0.4, 0.5) is 0 Å². The lowest BCUT2D eigenvalue weighted by Gasteiger charge is -2.42. The van der Waals surface area contributed by atoms with E-state index in [0.29, 0.717) is 0 Å². The van der Waals surface area contributed by atoms with Crippen molar-refractivity contribution in [3.8, 4) is 0 Å². The Balaban J connectivity index is 1.57. The molecule has 2 unspecified atom stereocenters. The van der Waals surface area contributed by atoms with Gasteiger partial charge >= 0.3 is 0 Å². The van der Waals surface area contributed by atoms with Crippen molar-refractivity contribution in [2.45, 2.75) is 51.1 Å². The summed E-state index contributed by atoms with van der Waals surface area (Å²) < 4.78 is 5.49. The summed E-state index contributed by atoms with van der Waals surface area (Å²) in [7, 11) is 0. The highest BCUT2D eigenvalue weighted by molar-refractivity contribution is 4.95. The molecule has 0 aromatic rings. The van der Waals surface area contributed by atoms with Crippen LogP contribution < -0.4 is 5.32 Å². The minimum atomic E-state index is 0.722. The fourth-order valence-corrected chi connectivity index (χ4v) is 3.59. The second-order valence-electron chi connectivity index (χ2n) is 6.43. The summed E-state index contributed by atoms with van der Waals surface area (Å²) in [6.07, 6.45) is 6.75. The molecule has 2 aliphatic heterocycles. The van der Waals surface area contributed by atoms with Gasteiger partial charge in [0.25, 0.3) is 0 Å². The molecular formula is C15H28N2O. The van der Waals surface area contributed by atoms with E-state index in [9.17, 15) is 0 Å². The van der Waals surface area contributed by atoms with E-state index in [2.05, 4.69) is 17.1 Å². The van der Waals surface area contributed by atoms with E-state index in [1.165, 1.54) is 51.7 Å². The molecule has 104 valence electrons. The largest absolute Gasteiger partial charge is 0.381 e. The van der Waals surface area contributed by atoms with E-state index in [4.69, 9.17) is 4.74 Å². The van der Waals surface area contributed by atoms with Crippen LogP contribution in [0.1, 0.15) is 39.0 Å². The normalized spacial score (nSPS) is 35.8. The third-order valence-corrected chi connectivity index (χ3v) is 5.03. The maximum absolute atomic E-state index is 5.49. The average molecular weight is 252 g/mol. The van der Waals surface area contributed by atoms with E-state index in [1.807, 2.05) is 0 Å². The molecule has 2 heterocycles. The Morgan fingerprint density at radius 2 is 1.94 bits per heavy atom. The van der Waals surface area contributed by atoms with Crippen LogP contribution in [0, 0.1) is 11.8 Å². The summed E-state index contributed by atoms with van der Waals surface area (Å²) in [4.78, 5) is 2.82. The summed E-state index contributed by atoms with van der Waals surface area (Å²) in [5.41, 5.74) is 0. The SMILES string of the molecule is CCC1CN(CC2CCOCC2)C(C2CC2)CN1. The van der Waals surface area contributed by atoms with Crippen molar-refractivity contribution in [1.29, 1.82) is 0 Å². The Morgan fingerprint density at radius 3 is 2.61 bits per heavy atom. The molecule has 1 N–H and O–H groups in total. The van der Waals surface area contributed by atoms with Crippen LogP contribution in [0.3, 0.4) is 0 Å². The smallest absolute Gasteiger partial charge is 0.0469 e. The van der Waals surface area contributed by atoms with Gasteiger partial charge in [0.1, 0.15) is 0 Å². The number of hydrogen-bond acceptors (Lipinski definition) is 3. The van der Waals surface area contributed by atoms with Crippen molar-refractivity contribution in [3.05, 3.63) is 0 Å². The summed E-state index contributed by atoms with van der Waals surface area (Å²) >= 11 is 0. The van der Waals surface area contributed by atoms with Crippen LogP contribution in [0.15, 0.2) is 0 Å². The zero-order valence-corrected chi connectivity index (χ0v) is 11.7. The highest BCUT2D eigenvalue weighted by atomic mass is 16.5. The number of piperazine rings is 1. The highest BCUT2D eigenvalue weighted by Crippen LogP contribution is 2.37. The predicted molar refractivity (Wildman–Crippen MR) is 73.7 cm³/mol. The van der Waals surface area contributed by atoms with Gasteiger partial charge in [0, 0.05) is 44.9 Å². The minimum absolute atomic E-state index is 0.722. The lowest BCUT2D eigenvalue weighted by Crippen LogP contribution is -2.58. The van der Waals surface area contributed by atoms with Gasteiger partial charge in [0.05, 0.1) is 0 Å². The molecule has 0 aromatic heterocycles. The lowest BCUT2D eigenvalue weighted by molar-refractivity contribution is 0.0316. The van der Waals surface area contributed by atoms with E-state index in [-0.39, 0.29) is 0 Å². The molecule has 3 fully saturated rings. The maximum Gasteiger partial charge on any atom is 0.0469 e. The van der Waals surface area contributed by atoms with Gasteiger partial charge in [0.2, 0.25) is 0 Å². The molecule has 3 heteroatoms. The highest BCUT2D eigenvalue weighted by Gasteiger charge is 2.39. The molecular weight excluding hydrogens is 224 g/mol. The molecule has 3 aliphatic rings. The zero-order valence-electron chi connectivity index (χ0n) is 11.7. The lowest BCUT2D eigenvalue weighted by atomic mass is 9.96. The number of nitrogens with zero attached hydrogens (tertiary/aromatic N) is 1. The van der Waals surface area contributed by atoms with Gasteiger partial charge in [-0.3, -0.25) is 4.90 Å². The van der Waals surface area contributed by atoms with Crippen LogP contribution in [0.2, 0.25) is 0 Å². The van der Waals surface area contributed by atoms with Gasteiger partial charge in [-0.2, -0.15) is 0 Å². The quantitative estimate of drug-likeness (QED) is 0.827. The average Bonchev–Trinajstić information content (AvgIpc) is 3.24. The molecule has 0 bridgehead atoms.